The molecule has 1 aliphatic rings. The summed E-state index contributed by atoms with van der Waals surface area (Å²) >= 11 is 0. The van der Waals surface area contributed by atoms with E-state index in [4.69, 9.17) is 9.15 Å². The Morgan fingerprint density at radius 3 is 2.96 bits per heavy atom. The number of imidazole rings is 1. The summed E-state index contributed by atoms with van der Waals surface area (Å²) in [6, 6.07) is 5.88. The van der Waals surface area contributed by atoms with Gasteiger partial charge in [-0.25, -0.2) is 4.98 Å². The van der Waals surface area contributed by atoms with Gasteiger partial charge in [0.2, 0.25) is 11.8 Å². The van der Waals surface area contributed by atoms with Crippen LogP contribution in [0.2, 0.25) is 0 Å². The first kappa shape index (κ1) is 16.1. The normalized spacial score (nSPS) is 14.5. The molecule has 7 heteroatoms. The molecule has 1 aromatic carbocycles. The minimum Gasteiger partial charge on any atom is -0.497 e. The van der Waals surface area contributed by atoms with Gasteiger partial charge in [-0.15, -0.1) is 10.2 Å². The maximum absolute atomic E-state index is 5.76. The lowest BCUT2D eigenvalue weighted by Gasteiger charge is -2.17. The van der Waals surface area contributed by atoms with Gasteiger partial charge in [-0.05, 0) is 31.5 Å². The van der Waals surface area contributed by atoms with Crippen LogP contribution in [0.5, 0.6) is 5.75 Å². The summed E-state index contributed by atoms with van der Waals surface area (Å²) < 4.78 is 11.0. The Bertz CT molecular complexity index is 852. The van der Waals surface area contributed by atoms with E-state index in [1.165, 1.54) is 12.8 Å². The second-order valence-corrected chi connectivity index (χ2v) is 6.49. The Labute approximate surface area is 146 Å². The molecule has 7 nitrogen and oxygen atoms in total. The number of benzene rings is 1. The Morgan fingerprint density at radius 2 is 2.20 bits per heavy atom. The quantitative estimate of drug-likeness (QED) is 0.678. The van der Waals surface area contributed by atoms with Crippen molar-refractivity contribution in [1.29, 1.82) is 0 Å². The van der Waals surface area contributed by atoms with Crippen molar-refractivity contribution in [3.05, 3.63) is 35.8 Å². The number of hydrogen-bond acceptors (Lipinski definition) is 6. The van der Waals surface area contributed by atoms with Crippen LogP contribution in [0.1, 0.15) is 43.3 Å². The molecule has 132 valence electrons. The molecule has 0 atom stereocenters. The molecule has 0 radical (unpaired) electrons. The standard InChI is InChI=1S/C18H23N5O2/c1-3-23(11-17-21-22-18(25-17)12-4-5-12)9-8-16-19-14-7-6-13(24-2)10-15(14)20-16/h6-7,10,12H,3-5,8-9,11H2,1-2H3,(H,19,20). The van der Waals surface area contributed by atoms with E-state index in [0.717, 1.165) is 48.0 Å². The van der Waals surface area contributed by atoms with Crippen LogP contribution in [-0.2, 0) is 13.0 Å². The number of ether oxygens (including phenoxy) is 1. The average molecular weight is 341 g/mol. The molecule has 0 spiro atoms. The lowest BCUT2D eigenvalue weighted by molar-refractivity contribution is 0.249. The third-order valence-corrected chi connectivity index (χ3v) is 4.62. The number of nitrogens with zero attached hydrogens (tertiary/aromatic N) is 4. The summed E-state index contributed by atoms with van der Waals surface area (Å²) in [5.41, 5.74) is 1.97. The van der Waals surface area contributed by atoms with Crippen LogP contribution in [0, 0.1) is 0 Å². The SMILES string of the molecule is CCN(CCc1nc2ccc(OC)cc2[nH]1)Cc1nnc(C2CC2)o1. The van der Waals surface area contributed by atoms with Crippen LogP contribution in [0.15, 0.2) is 22.6 Å². The van der Waals surface area contributed by atoms with Gasteiger partial charge < -0.3 is 14.1 Å². The van der Waals surface area contributed by atoms with Crippen molar-refractivity contribution >= 4 is 11.0 Å². The molecule has 3 aromatic rings. The smallest absolute Gasteiger partial charge is 0.230 e. The zero-order valence-corrected chi connectivity index (χ0v) is 14.7. The fraction of sp³-hybridized carbons (Fsp3) is 0.500. The first-order chi connectivity index (χ1) is 12.2. The minimum absolute atomic E-state index is 0.504. The van der Waals surface area contributed by atoms with Crippen LogP contribution in [0.4, 0.5) is 0 Å². The Kier molecular flexibility index (Phi) is 4.40. The number of hydrogen-bond donors (Lipinski definition) is 1. The van der Waals surface area contributed by atoms with Gasteiger partial charge in [0.25, 0.3) is 0 Å². The molecular formula is C18H23N5O2. The Morgan fingerprint density at radius 1 is 1.32 bits per heavy atom. The van der Waals surface area contributed by atoms with Crippen molar-refractivity contribution in [2.45, 2.75) is 38.6 Å². The Hall–Kier alpha value is -2.41. The number of fused-ring (bicyclic) bond motifs is 1. The molecular weight excluding hydrogens is 318 g/mol. The molecule has 25 heavy (non-hydrogen) atoms. The predicted molar refractivity (Wildman–Crippen MR) is 93.6 cm³/mol. The van der Waals surface area contributed by atoms with Gasteiger partial charge in [-0.2, -0.15) is 0 Å². The molecule has 1 N–H and O–H groups in total. The van der Waals surface area contributed by atoms with E-state index in [-0.39, 0.29) is 0 Å². The lowest BCUT2D eigenvalue weighted by atomic mass is 10.3. The van der Waals surface area contributed by atoms with Gasteiger partial charge in [0.15, 0.2) is 0 Å². The molecule has 2 heterocycles. The van der Waals surface area contributed by atoms with Gasteiger partial charge in [0.05, 0.1) is 24.7 Å². The maximum atomic E-state index is 5.76. The fourth-order valence-corrected chi connectivity index (χ4v) is 2.92. The summed E-state index contributed by atoms with van der Waals surface area (Å²) in [6.07, 6.45) is 3.19. The molecule has 4 rings (SSSR count). The zero-order chi connectivity index (χ0) is 17.2. The van der Waals surface area contributed by atoms with E-state index in [1.54, 1.807) is 7.11 Å². The molecule has 0 unspecified atom stereocenters. The van der Waals surface area contributed by atoms with E-state index in [1.807, 2.05) is 18.2 Å². The second kappa shape index (κ2) is 6.84. The van der Waals surface area contributed by atoms with E-state index >= 15 is 0 Å². The molecule has 1 aliphatic carbocycles. The third-order valence-electron chi connectivity index (χ3n) is 4.62. The maximum Gasteiger partial charge on any atom is 0.230 e. The second-order valence-electron chi connectivity index (χ2n) is 6.49. The van der Waals surface area contributed by atoms with Crippen molar-refractivity contribution in [1.82, 2.24) is 25.1 Å². The van der Waals surface area contributed by atoms with Crippen molar-refractivity contribution in [2.24, 2.45) is 0 Å². The number of methoxy groups -OCH3 is 1. The molecule has 1 fully saturated rings. The first-order valence-corrected chi connectivity index (χ1v) is 8.82. The van der Waals surface area contributed by atoms with Crippen molar-refractivity contribution in [3.63, 3.8) is 0 Å². The topological polar surface area (TPSA) is 80.1 Å². The van der Waals surface area contributed by atoms with E-state index in [0.29, 0.717) is 18.4 Å². The van der Waals surface area contributed by atoms with Gasteiger partial charge in [-0.1, -0.05) is 6.92 Å². The van der Waals surface area contributed by atoms with Crippen LogP contribution in [0.25, 0.3) is 11.0 Å². The van der Waals surface area contributed by atoms with Crippen LogP contribution in [-0.4, -0.2) is 45.3 Å². The average Bonchev–Trinajstić information content (AvgIpc) is 3.24. The minimum atomic E-state index is 0.504. The predicted octanol–water partition coefficient (Wildman–Crippen LogP) is 2.90. The number of likely N-dealkylation sites (N-methyl/N-ethyl adjacent to an activating group) is 1. The van der Waals surface area contributed by atoms with E-state index in [9.17, 15) is 0 Å². The van der Waals surface area contributed by atoms with E-state index in [2.05, 4.69) is 32.0 Å². The Balaban J connectivity index is 1.38. The molecule has 2 aromatic heterocycles. The largest absolute Gasteiger partial charge is 0.497 e. The first-order valence-electron chi connectivity index (χ1n) is 8.82. The highest BCUT2D eigenvalue weighted by molar-refractivity contribution is 5.76. The lowest BCUT2D eigenvalue weighted by Crippen LogP contribution is -2.25. The highest BCUT2D eigenvalue weighted by Gasteiger charge is 2.29. The summed E-state index contributed by atoms with van der Waals surface area (Å²) in [5, 5.41) is 8.33. The monoisotopic (exact) mass is 341 g/mol. The summed E-state index contributed by atoms with van der Waals surface area (Å²) in [4.78, 5) is 10.3. The zero-order valence-electron chi connectivity index (χ0n) is 14.7. The van der Waals surface area contributed by atoms with Gasteiger partial charge in [0.1, 0.15) is 11.6 Å². The van der Waals surface area contributed by atoms with Gasteiger partial charge in [-0.3, -0.25) is 4.90 Å². The van der Waals surface area contributed by atoms with Crippen molar-refractivity contribution < 1.29 is 9.15 Å². The van der Waals surface area contributed by atoms with Crippen LogP contribution >= 0.6 is 0 Å². The number of nitrogens with one attached hydrogen (secondary N) is 1. The highest BCUT2D eigenvalue weighted by Crippen LogP contribution is 2.39. The number of aromatic nitrogens is 4. The summed E-state index contributed by atoms with van der Waals surface area (Å²) in [7, 11) is 1.67. The number of H-pyrrole nitrogens is 1. The van der Waals surface area contributed by atoms with E-state index < -0.39 is 0 Å². The van der Waals surface area contributed by atoms with Crippen molar-refractivity contribution in [2.75, 3.05) is 20.2 Å². The fourth-order valence-electron chi connectivity index (χ4n) is 2.92. The van der Waals surface area contributed by atoms with Gasteiger partial charge >= 0.3 is 0 Å². The third kappa shape index (κ3) is 3.66. The number of aromatic amines is 1. The summed E-state index contributed by atoms with van der Waals surface area (Å²) in [6.45, 7) is 4.63. The van der Waals surface area contributed by atoms with Crippen molar-refractivity contribution in [3.8, 4) is 5.75 Å². The molecule has 0 bridgehead atoms. The molecule has 1 saturated carbocycles. The molecule has 0 saturated heterocycles. The van der Waals surface area contributed by atoms with Gasteiger partial charge in [0, 0.05) is 24.9 Å². The van der Waals surface area contributed by atoms with Crippen LogP contribution < -0.4 is 4.74 Å². The molecule has 0 aliphatic heterocycles. The molecule has 0 amide bonds. The number of rotatable bonds is 8. The van der Waals surface area contributed by atoms with Crippen LogP contribution in [0.3, 0.4) is 0 Å². The highest BCUT2D eigenvalue weighted by atomic mass is 16.5. The summed E-state index contributed by atoms with van der Waals surface area (Å²) in [5.74, 6) is 3.82.